The molecule has 0 radical (unpaired) electrons. The second kappa shape index (κ2) is 10.9. The predicted molar refractivity (Wildman–Crippen MR) is 120 cm³/mol. The number of aliphatic carboxylic acids is 1. The fraction of sp³-hybridized carbons (Fsp3) is 0.280. The predicted octanol–water partition coefficient (Wildman–Crippen LogP) is 2.80. The summed E-state index contributed by atoms with van der Waals surface area (Å²) in [6, 6.07) is 14.1. The number of pyridine rings is 1. The van der Waals surface area contributed by atoms with Crippen molar-refractivity contribution < 1.29 is 24.5 Å². The Labute approximate surface area is 215 Å². The summed E-state index contributed by atoms with van der Waals surface area (Å²) < 4.78 is 13.6. The molecular formula is C25H23CaFNO4+. The third-order valence-electron chi connectivity index (χ3n) is 5.46. The van der Waals surface area contributed by atoms with Gasteiger partial charge in [-0.2, -0.15) is 0 Å². The third kappa shape index (κ3) is 5.94. The van der Waals surface area contributed by atoms with Crippen LogP contribution in [-0.2, 0) is 4.79 Å². The summed E-state index contributed by atoms with van der Waals surface area (Å²) in [7, 11) is 0. The van der Waals surface area contributed by atoms with E-state index in [2.05, 4.69) is 0 Å². The minimum Gasteiger partial charge on any atom is -0.550 e. The minimum absolute atomic E-state index is 0. The van der Waals surface area contributed by atoms with Crippen LogP contribution < -0.4 is 5.11 Å². The quantitative estimate of drug-likeness (QED) is 0.504. The van der Waals surface area contributed by atoms with Crippen molar-refractivity contribution in [2.45, 2.75) is 43.8 Å². The number of aromatic nitrogens is 1. The van der Waals surface area contributed by atoms with Crippen LogP contribution in [0.3, 0.4) is 0 Å². The number of aliphatic hydroxyl groups is 2. The van der Waals surface area contributed by atoms with E-state index in [1.54, 1.807) is 24.3 Å². The van der Waals surface area contributed by atoms with Crippen LogP contribution in [0.5, 0.6) is 0 Å². The van der Waals surface area contributed by atoms with Crippen molar-refractivity contribution in [2.75, 3.05) is 0 Å². The standard InChI is InChI=1S/C25H24FNO4.Ca/c26-17-9-7-15(8-10-17)24-20-3-1-2-4-22(20)27-25(16-5-6-16)21(24)12-11-18(28)13-19(29)14-23(30)31;/h1-4,7-12,16,18-19,28-29H,5-6,13-14H2,(H,30,31);/q;+2/p-1/b12-11+;. The maximum absolute atomic E-state index is 13.6. The van der Waals surface area contributed by atoms with Crippen molar-refractivity contribution in [1.29, 1.82) is 0 Å². The van der Waals surface area contributed by atoms with E-state index in [1.165, 1.54) is 12.1 Å². The van der Waals surface area contributed by atoms with E-state index in [9.17, 15) is 24.5 Å². The number of hydrogen-bond donors (Lipinski definition) is 2. The van der Waals surface area contributed by atoms with Gasteiger partial charge in [0.1, 0.15) is 5.82 Å². The van der Waals surface area contributed by atoms with Crippen LogP contribution in [0.25, 0.3) is 28.1 Å². The molecule has 0 amide bonds. The van der Waals surface area contributed by atoms with Gasteiger partial charge in [0.05, 0.1) is 23.4 Å². The molecule has 0 saturated heterocycles. The zero-order valence-electron chi connectivity index (χ0n) is 17.6. The van der Waals surface area contributed by atoms with Gasteiger partial charge in [0.25, 0.3) is 0 Å². The molecule has 3 aromatic rings. The number of nitrogens with zero attached hydrogens (tertiary/aromatic N) is 1. The van der Waals surface area contributed by atoms with Crippen molar-refractivity contribution in [3.05, 3.63) is 71.7 Å². The zero-order valence-corrected chi connectivity index (χ0v) is 19.8. The molecule has 0 bridgehead atoms. The molecule has 5 nitrogen and oxygen atoms in total. The number of fused-ring (bicyclic) bond motifs is 1. The fourth-order valence-electron chi connectivity index (χ4n) is 3.85. The van der Waals surface area contributed by atoms with Gasteiger partial charge in [-0.3, -0.25) is 4.98 Å². The van der Waals surface area contributed by atoms with Gasteiger partial charge in [0.2, 0.25) is 0 Å². The summed E-state index contributed by atoms with van der Waals surface area (Å²) >= 11 is 0. The SMILES string of the molecule is O=C([O-])CC(O)CC(O)/C=C/c1c(C2CC2)nc2ccccc2c1-c1ccc(F)cc1.[Ca+2]. The van der Waals surface area contributed by atoms with Crippen molar-refractivity contribution in [1.82, 2.24) is 4.98 Å². The normalized spacial score (nSPS) is 15.5. The summed E-state index contributed by atoms with van der Waals surface area (Å²) in [5, 5.41) is 31.7. The van der Waals surface area contributed by atoms with E-state index >= 15 is 0 Å². The molecule has 2 atom stereocenters. The summed E-state index contributed by atoms with van der Waals surface area (Å²) in [6.07, 6.45) is 2.51. The Kier molecular flexibility index (Phi) is 8.42. The molecule has 4 rings (SSSR count). The molecule has 1 aliphatic carbocycles. The Bertz CT molecular complexity index is 1130. The molecule has 1 aromatic heterocycles. The average molecular weight is 461 g/mol. The van der Waals surface area contributed by atoms with E-state index in [0.29, 0.717) is 5.92 Å². The molecule has 2 unspecified atom stereocenters. The van der Waals surface area contributed by atoms with E-state index in [1.807, 2.05) is 24.3 Å². The van der Waals surface area contributed by atoms with Crippen molar-refractivity contribution in [3.8, 4) is 11.1 Å². The second-order valence-corrected chi connectivity index (χ2v) is 7.98. The van der Waals surface area contributed by atoms with Gasteiger partial charge in [-0.1, -0.05) is 42.5 Å². The number of carbonyl (C=O) groups excluding carboxylic acids is 1. The number of carboxylic acids is 1. The van der Waals surface area contributed by atoms with Gasteiger partial charge in [-0.15, -0.1) is 0 Å². The molecule has 0 spiro atoms. The third-order valence-corrected chi connectivity index (χ3v) is 5.46. The van der Waals surface area contributed by atoms with Gasteiger partial charge in [-0.25, -0.2) is 4.39 Å². The molecule has 1 heterocycles. The van der Waals surface area contributed by atoms with Gasteiger partial charge in [0.15, 0.2) is 0 Å². The van der Waals surface area contributed by atoms with Crippen molar-refractivity contribution >= 4 is 60.7 Å². The Morgan fingerprint density at radius 2 is 1.84 bits per heavy atom. The molecule has 32 heavy (non-hydrogen) atoms. The van der Waals surface area contributed by atoms with E-state index in [4.69, 9.17) is 4.98 Å². The van der Waals surface area contributed by atoms with Crippen LogP contribution in [0.2, 0.25) is 0 Å². The molecule has 0 aliphatic heterocycles. The van der Waals surface area contributed by atoms with Crippen molar-refractivity contribution in [3.63, 3.8) is 0 Å². The number of hydrogen-bond acceptors (Lipinski definition) is 5. The molecule has 1 saturated carbocycles. The van der Waals surface area contributed by atoms with E-state index in [-0.39, 0.29) is 50.0 Å². The Balaban J connectivity index is 0.00000289. The second-order valence-electron chi connectivity index (χ2n) is 7.98. The largest absolute Gasteiger partial charge is 2.00 e. The fourth-order valence-corrected chi connectivity index (χ4v) is 3.85. The first kappa shape index (κ1) is 24.8. The first-order valence-corrected chi connectivity index (χ1v) is 10.3. The summed E-state index contributed by atoms with van der Waals surface area (Å²) in [6.45, 7) is 0. The Morgan fingerprint density at radius 1 is 1.16 bits per heavy atom. The molecule has 160 valence electrons. The van der Waals surface area contributed by atoms with Crippen LogP contribution in [0, 0.1) is 5.82 Å². The summed E-state index contributed by atoms with van der Waals surface area (Å²) in [4.78, 5) is 15.5. The smallest absolute Gasteiger partial charge is 0.550 e. The van der Waals surface area contributed by atoms with E-state index < -0.39 is 24.6 Å². The number of carboxylic acid groups (broad SMARTS) is 1. The number of aliphatic hydroxyl groups excluding tert-OH is 2. The molecular weight excluding hydrogens is 437 g/mol. The van der Waals surface area contributed by atoms with Crippen LogP contribution in [-0.4, -0.2) is 71.1 Å². The first-order valence-electron chi connectivity index (χ1n) is 10.3. The Morgan fingerprint density at radius 3 is 2.50 bits per heavy atom. The summed E-state index contributed by atoms with van der Waals surface area (Å²) in [5.41, 5.74) is 4.38. The van der Waals surface area contributed by atoms with E-state index in [0.717, 1.165) is 46.1 Å². The van der Waals surface area contributed by atoms with Gasteiger partial charge in [-0.05, 0) is 36.6 Å². The molecule has 7 heteroatoms. The monoisotopic (exact) mass is 460 g/mol. The maximum atomic E-state index is 13.6. The van der Waals surface area contributed by atoms with Crippen LogP contribution in [0.4, 0.5) is 4.39 Å². The first-order chi connectivity index (χ1) is 14.9. The topological polar surface area (TPSA) is 93.5 Å². The summed E-state index contributed by atoms with van der Waals surface area (Å²) in [5.74, 6) is -1.36. The average Bonchev–Trinajstić information content (AvgIpc) is 3.56. The molecule has 2 aromatic carbocycles. The minimum atomic E-state index is -1.36. The number of rotatable bonds is 8. The van der Waals surface area contributed by atoms with Gasteiger partial charge in [0, 0.05) is 41.2 Å². The van der Waals surface area contributed by atoms with Crippen molar-refractivity contribution in [2.24, 2.45) is 0 Å². The molecule has 1 fully saturated rings. The zero-order chi connectivity index (χ0) is 22.0. The van der Waals surface area contributed by atoms with Gasteiger partial charge < -0.3 is 20.1 Å². The van der Waals surface area contributed by atoms with Crippen LogP contribution >= 0.6 is 0 Å². The Hall–Kier alpha value is -1.83. The number of para-hydroxylation sites is 1. The van der Waals surface area contributed by atoms with Crippen LogP contribution in [0.15, 0.2) is 54.6 Å². The molecule has 2 N–H and O–H groups in total. The number of halogens is 1. The van der Waals surface area contributed by atoms with Gasteiger partial charge >= 0.3 is 37.7 Å². The molecule has 1 aliphatic rings. The van der Waals surface area contributed by atoms with Crippen LogP contribution in [0.1, 0.15) is 42.9 Å². The number of carbonyl (C=O) groups is 1. The maximum Gasteiger partial charge on any atom is 2.00 e. The number of benzene rings is 2.